The second-order valence-corrected chi connectivity index (χ2v) is 7.17. The fraction of sp³-hybridized carbons (Fsp3) is 0.579. The van der Waals surface area contributed by atoms with Crippen molar-refractivity contribution in [3.63, 3.8) is 0 Å². The van der Waals surface area contributed by atoms with E-state index in [4.69, 9.17) is 5.73 Å². The van der Waals surface area contributed by atoms with Gasteiger partial charge in [-0.15, -0.1) is 12.4 Å². The van der Waals surface area contributed by atoms with Crippen LogP contribution in [0.1, 0.15) is 25.0 Å². The lowest BCUT2D eigenvalue weighted by Gasteiger charge is -2.36. The van der Waals surface area contributed by atoms with E-state index < -0.39 is 6.04 Å². The first-order valence-corrected chi connectivity index (χ1v) is 8.92. The number of nitrogens with zero attached hydrogens (tertiary/aromatic N) is 2. The molecule has 2 rings (SSSR count). The highest BCUT2D eigenvalue weighted by Gasteiger charge is 2.27. The molecule has 1 aliphatic heterocycles. The number of hydrogen-bond donors (Lipinski definition) is 2. The minimum Gasteiger partial charge on any atom is -0.339 e. The maximum absolute atomic E-state index is 12.3. The number of nitrogens with two attached hydrogens (primary N) is 1. The predicted octanol–water partition coefficient (Wildman–Crippen LogP) is 1.79. The molecule has 1 aromatic rings. The molecule has 7 heteroatoms. The highest BCUT2D eigenvalue weighted by atomic mass is 35.5. The van der Waals surface area contributed by atoms with E-state index in [-0.39, 0.29) is 30.1 Å². The molecule has 1 aliphatic rings. The molecule has 0 radical (unpaired) electrons. The van der Waals surface area contributed by atoms with Gasteiger partial charge in [-0.25, -0.2) is 0 Å². The fourth-order valence-electron chi connectivity index (χ4n) is 2.90. The topological polar surface area (TPSA) is 78.7 Å². The Kier molecular flexibility index (Phi) is 8.53. The van der Waals surface area contributed by atoms with E-state index in [0.29, 0.717) is 32.7 Å². The zero-order chi connectivity index (χ0) is 18.6. The Labute approximate surface area is 162 Å². The third-order valence-electron chi connectivity index (χ3n) is 4.93. The van der Waals surface area contributed by atoms with Crippen molar-refractivity contribution >= 4 is 29.9 Å². The van der Waals surface area contributed by atoms with Crippen LogP contribution in [0.2, 0.25) is 0 Å². The Bertz CT molecular complexity index is 628. The van der Waals surface area contributed by atoms with Crippen LogP contribution in [0.5, 0.6) is 0 Å². The summed E-state index contributed by atoms with van der Waals surface area (Å²) in [6.45, 7) is 10.9. The molecule has 0 unspecified atom stereocenters. The Balaban J connectivity index is 0.00000338. The van der Waals surface area contributed by atoms with Gasteiger partial charge < -0.3 is 16.0 Å². The molecule has 6 nitrogen and oxygen atoms in total. The van der Waals surface area contributed by atoms with Crippen LogP contribution < -0.4 is 11.1 Å². The van der Waals surface area contributed by atoms with Crippen molar-refractivity contribution in [3.8, 4) is 0 Å². The zero-order valence-electron chi connectivity index (χ0n) is 16.1. The third kappa shape index (κ3) is 5.69. The van der Waals surface area contributed by atoms with Crippen molar-refractivity contribution in [2.75, 3.05) is 38.0 Å². The van der Waals surface area contributed by atoms with Crippen molar-refractivity contribution in [2.24, 2.45) is 11.7 Å². The summed E-state index contributed by atoms with van der Waals surface area (Å²) in [7, 11) is 0. The number of aryl methyl sites for hydroxylation is 1. The first-order chi connectivity index (χ1) is 11.8. The van der Waals surface area contributed by atoms with Crippen molar-refractivity contribution in [2.45, 2.75) is 33.7 Å². The monoisotopic (exact) mass is 382 g/mol. The summed E-state index contributed by atoms with van der Waals surface area (Å²) in [6, 6.07) is 5.45. The van der Waals surface area contributed by atoms with E-state index in [1.165, 1.54) is 0 Å². The number of anilines is 1. The molecular formula is C19H31ClN4O2. The van der Waals surface area contributed by atoms with E-state index in [1.807, 2.05) is 50.8 Å². The average Bonchev–Trinajstić information content (AvgIpc) is 2.58. The van der Waals surface area contributed by atoms with E-state index in [2.05, 4.69) is 10.2 Å². The molecule has 0 spiro atoms. The SMILES string of the molecule is Cc1cccc(NC(=O)CN2CCN(C(=O)[C@@H](N)C(C)C)CC2)c1C.Cl. The second-order valence-electron chi connectivity index (χ2n) is 7.17. The molecule has 1 atom stereocenters. The van der Waals surface area contributed by atoms with Gasteiger partial charge in [0, 0.05) is 31.9 Å². The summed E-state index contributed by atoms with van der Waals surface area (Å²) in [5.41, 5.74) is 9.06. The lowest BCUT2D eigenvalue weighted by Crippen LogP contribution is -2.55. The molecule has 1 fully saturated rings. The van der Waals surface area contributed by atoms with Crippen molar-refractivity contribution in [3.05, 3.63) is 29.3 Å². The molecule has 146 valence electrons. The molecule has 0 aromatic heterocycles. The summed E-state index contributed by atoms with van der Waals surface area (Å²) in [4.78, 5) is 28.5. The lowest BCUT2D eigenvalue weighted by molar-refractivity contribution is -0.135. The molecule has 1 aromatic carbocycles. The summed E-state index contributed by atoms with van der Waals surface area (Å²) >= 11 is 0. The minimum atomic E-state index is -0.445. The Hall–Kier alpha value is -1.63. The summed E-state index contributed by atoms with van der Waals surface area (Å²) in [5, 5.41) is 2.98. The summed E-state index contributed by atoms with van der Waals surface area (Å²) < 4.78 is 0. The quantitative estimate of drug-likeness (QED) is 0.813. The van der Waals surface area contributed by atoms with Gasteiger partial charge in [-0.3, -0.25) is 14.5 Å². The maximum atomic E-state index is 12.3. The van der Waals surface area contributed by atoms with Gasteiger partial charge in [0.15, 0.2) is 0 Å². The Morgan fingerprint density at radius 2 is 1.77 bits per heavy atom. The van der Waals surface area contributed by atoms with Gasteiger partial charge in [-0.1, -0.05) is 26.0 Å². The second kappa shape index (κ2) is 9.90. The lowest BCUT2D eigenvalue weighted by atomic mass is 10.0. The van der Waals surface area contributed by atoms with Gasteiger partial charge in [-0.2, -0.15) is 0 Å². The molecule has 1 heterocycles. The fourth-order valence-corrected chi connectivity index (χ4v) is 2.90. The molecule has 3 N–H and O–H groups in total. The molecule has 2 amide bonds. The van der Waals surface area contributed by atoms with E-state index in [9.17, 15) is 9.59 Å². The molecule has 0 bridgehead atoms. The van der Waals surface area contributed by atoms with Crippen LogP contribution in [0, 0.1) is 19.8 Å². The predicted molar refractivity (Wildman–Crippen MR) is 108 cm³/mol. The van der Waals surface area contributed by atoms with Crippen LogP contribution in [-0.2, 0) is 9.59 Å². The van der Waals surface area contributed by atoms with Gasteiger partial charge >= 0.3 is 0 Å². The number of hydrogen-bond acceptors (Lipinski definition) is 4. The van der Waals surface area contributed by atoms with E-state index in [0.717, 1.165) is 16.8 Å². The van der Waals surface area contributed by atoms with E-state index >= 15 is 0 Å². The molecule has 0 saturated carbocycles. The van der Waals surface area contributed by atoms with Gasteiger partial charge in [0.25, 0.3) is 0 Å². The van der Waals surface area contributed by atoms with Crippen LogP contribution in [-0.4, -0.2) is 60.4 Å². The normalized spacial score (nSPS) is 16.2. The van der Waals surface area contributed by atoms with Gasteiger partial charge in [-0.05, 0) is 37.0 Å². The first-order valence-electron chi connectivity index (χ1n) is 8.92. The number of carbonyl (C=O) groups is 2. The summed E-state index contributed by atoms with van der Waals surface area (Å²) in [5.74, 6) is 0.121. The van der Waals surface area contributed by atoms with Gasteiger partial charge in [0.1, 0.15) is 0 Å². The highest BCUT2D eigenvalue weighted by molar-refractivity contribution is 5.93. The van der Waals surface area contributed by atoms with Crippen LogP contribution in [0.15, 0.2) is 18.2 Å². The molecule has 1 saturated heterocycles. The average molecular weight is 383 g/mol. The summed E-state index contributed by atoms with van der Waals surface area (Å²) in [6.07, 6.45) is 0. The van der Waals surface area contributed by atoms with Crippen LogP contribution >= 0.6 is 12.4 Å². The smallest absolute Gasteiger partial charge is 0.239 e. The number of amides is 2. The number of carbonyl (C=O) groups excluding carboxylic acids is 2. The third-order valence-corrected chi connectivity index (χ3v) is 4.93. The molecular weight excluding hydrogens is 352 g/mol. The van der Waals surface area contributed by atoms with Crippen LogP contribution in [0.4, 0.5) is 5.69 Å². The van der Waals surface area contributed by atoms with Gasteiger partial charge in [0.05, 0.1) is 12.6 Å². The number of benzene rings is 1. The van der Waals surface area contributed by atoms with Crippen molar-refractivity contribution in [1.29, 1.82) is 0 Å². The highest BCUT2D eigenvalue weighted by Crippen LogP contribution is 2.18. The largest absolute Gasteiger partial charge is 0.339 e. The number of piperazine rings is 1. The zero-order valence-corrected chi connectivity index (χ0v) is 16.9. The first kappa shape index (κ1) is 22.4. The number of halogens is 1. The number of nitrogens with one attached hydrogen (secondary N) is 1. The van der Waals surface area contributed by atoms with Crippen LogP contribution in [0.25, 0.3) is 0 Å². The van der Waals surface area contributed by atoms with Crippen molar-refractivity contribution in [1.82, 2.24) is 9.80 Å². The minimum absolute atomic E-state index is 0. The van der Waals surface area contributed by atoms with Gasteiger partial charge in [0.2, 0.25) is 11.8 Å². The maximum Gasteiger partial charge on any atom is 0.239 e. The van der Waals surface area contributed by atoms with Crippen molar-refractivity contribution < 1.29 is 9.59 Å². The Morgan fingerprint density at radius 1 is 1.15 bits per heavy atom. The standard InChI is InChI=1S/C19H30N4O2.ClH/c1-13(2)18(20)19(25)23-10-8-22(9-11-23)12-17(24)21-16-7-5-6-14(3)15(16)4;/h5-7,13,18H,8-12,20H2,1-4H3,(H,21,24);1H/t18-;/m0./s1. The van der Waals surface area contributed by atoms with E-state index in [1.54, 1.807) is 0 Å². The molecule has 26 heavy (non-hydrogen) atoms. The number of rotatable bonds is 5. The van der Waals surface area contributed by atoms with Crippen LogP contribution in [0.3, 0.4) is 0 Å². The molecule has 0 aliphatic carbocycles. The Morgan fingerprint density at radius 3 is 2.35 bits per heavy atom.